The van der Waals surface area contributed by atoms with Crippen LogP contribution in [0.2, 0.25) is 0 Å². The summed E-state index contributed by atoms with van der Waals surface area (Å²) in [6.45, 7) is 9.75. The second-order valence-electron chi connectivity index (χ2n) is 7.41. The van der Waals surface area contributed by atoms with Crippen LogP contribution in [-0.4, -0.2) is 24.1 Å². The van der Waals surface area contributed by atoms with Crippen molar-refractivity contribution in [1.82, 2.24) is 5.32 Å². The van der Waals surface area contributed by atoms with Gasteiger partial charge in [-0.1, -0.05) is 42.5 Å². The summed E-state index contributed by atoms with van der Waals surface area (Å²) in [5.74, 6) is -0.208. The molecule has 0 spiro atoms. The minimum Gasteiger partial charge on any atom is -0.444 e. The SMILES string of the molecule is CCN(C(=O)C(NC(=O)OC(C)(C)C)c1ccccc1)c1cccc(C)c1. The molecule has 2 rings (SSSR count). The summed E-state index contributed by atoms with van der Waals surface area (Å²) in [6, 6.07) is 16.1. The largest absolute Gasteiger partial charge is 0.444 e. The number of nitrogens with one attached hydrogen (secondary N) is 1. The van der Waals surface area contributed by atoms with E-state index in [1.54, 1.807) is 25.7 Å². The van der Waals surface area contributed by atoms with Gasteiger partial charge in [0.1, 0.15) is 11.6 Å². The number of hydrogen-bond donors (Lipinski definition) is 1. The second-order valence-corrected chi connectivity index (χ2v) is 7.41. The number of nitrogens with zero attached hydrogens (tertiary/aromatic N) is 1. The summed E-state index contributed by atoms with van der Waals surface area (Å²) < 4.78 is 5.36. The minimum atomic E-state index is -0.832. The van der Waals surface area contributed by atoms with Gasteiger partial charge < -0.3 is 15.0 Å². The number of amides is 2. The third-order valence-corrected chi connectivity index (χ3v) is 3.94. The average Bonchev–Trinajstić information content (AvgIpc) is 2.59. The first-order valence-electron chi connectivity index (χ1n) is 9.14. The molecule has 0 aliphatic carbocycles. The standard InChI is InChI=1S/C22H28N2O3/c1-6-24(18-14-10-11-16(2)15-18)20(25)19(17-12-8-7-9-13-17)23-21(26)27-22(3,4)5/h7-15,19H,6H2,1-5H3,(H,23,26). The Hall–Kier alpha value is -2.82. The Morgan fingerprint density at radius 1 is 1.07 bits per heavy atom. The van der Waals surface area contributed by atoms with E-state index in [4.69, 9.17) is 4.74 Å². The van der Waals surface area contributed by atoms with E-state index < -0.39 is 17.7 Å². The molecule has 2 aromatic carbocycles. The third-order valence-electron chi connectivity index (χ3n) is 3.94. The van der Waals surface area contributed by atoms with Gasteiger partial charge in [-0.15, -0.1) is 0 Å². The lowest BCUT2D eigenvalue weighted by molar-refractivity contribution is -0.120. The number of hydrogen-bond acceptors (Lipinski definition) is 3. The molecule has 1 atom stereocenters. The highest BCUT2D eigenvalue weighted by Gasteiger charge is 2.29. The van der Waals surface area contributed by atoms with Crippen LogP contribution in [0.4, 0.5) is 10.5 Å². The molecule has 0 saturated carbocycles. The maximum absolute atomic E-state index is 13.3. The Morgan fingerprint density at radius 2 is 1.74 bits per heavy atom. The van der Waals surface area contributed by atoms with Crippen molar-refractivity contribution in [3.05, 3.63) is 65.7 Å². The molecule has 2 aromatic rings. The molecule has 0 fully saturated rings. The first-order chi connectivity index (χ1) is 12.7. The molecular formula is C22H28N2O3. The van der Waals surface area contributed by atoms with Gasteiger partial charge in [-0.3, -0.25) is 4.79 Å². The fourth-order valence-electron chi connectivity index (χ4n) is 2.78. The summed E-state index contributed by atoms with van der Waals surface area (Å²) in [5.41, 5.74) is 1.93. The molecule has 0 radical (unpaired) electrons. The number of carbonyl (C=O) groups is 2. The summed E-state index contributed by atoms with van der Waals surface area (Å²) in [7, 11) is 0. The van der Waals surface area contributed by atoms with Crippen LogP contribution < -0.4 is 10.2 Å². The van der Waals surface area contributed by atoms with Crippen molar-refractivity contribution < 1.29 is 14.3 Å². The van der Waals surface area contributed by atoms with Gasteiger partial charge in [0, 0.05) is 12.2 Å². The van der Waals surface area contributed by atoms with E-state index in [0.717, 1.165) is 11.3 Å². The second kappa shape index (κ2) is 8.71. The molecule has 0 bridgehead atoms. The zero-order chi connectivity index (χ0) is 20.0. The van der Waals surface area contributed by atoms with E-state index in [9.17, 15) is 9.59 Å². The number of aryl methyl sites for hydroxylation is 1. The van der Waals surface area contributed by atoms with Crippen LogP contribution in [0.1, 0.15) is 44.9 Å². The molecule has 0 saturated heterocycles. The van der Waals surface area contributed by atoms with E-state index in [1.165, 1.54) is 0 Å². The molecule has 2 amide bonds. The van der Waals surface area contributed by atoms with Crippen molar-refractivity contribution >= 4 is 17.7 Å². The van der Waals surface area contributed by atoms with Crippen molar-refractivity contribution in [3.63, 3.8) is 0 Å². The lowest BCUT2D eigenvalue weighted by Gasteiger charge is -2.28. The number of benzene rings is 2. The smallest absolute Gasteiger partial charge is 0.408 e. The van der Waals surface area contributed by atoms with E-state index in [2.05, 4.69) is 5.32 Å². The zero-order valence-corrected chi connectivity index (χ0v) is 16.7. The van der Waals surface area contributed by atoms with Crippen molar-refractivity contribution in [2.24, 2.45) is 0 Å². The summed E-state index contributed by atoms with van der Waals surface area (Å²) in [6.07, 6.45) is -0.620. The maximum atomic E-state index is 13.3. The van der Waals surface area contributed by atoms with E-state index in [0.29, 0.717) is 12.1 Å². The Morgan fingerprint density at radius 3 is 2.30 bits per heavy atom. The number of carbonyl (C=O) groups excluding carboxylic acids is 2. The highest BCUT2D eigenvalue weighted by molar-refractivity contribution is 5.99. The van der Waals surface area contributed by atoms with Crippen LogP contribution in [0.5, 0.6) is 0 Å². The summed E-state index contributed by atoms with van der Waals surface area (Å²) in [5, 5.41) is 2.74. The normalized spacial score (nSPS) is 12.2. The Kier molecular flexibility index (Phi) is 6.61. The van der Waals surface area contributed by atoms with Crippen LogP contribution in [-0.2, 0) is 9.53 Å². The maximum Gasteiger partial charge on any atom is 0.408 e. The first kappa shape index (κ1) is 20.5. The summed E-state index contributed by atoms with van der Waals surface area (Å²) >= 11 is 0. The van der Waals surface area contributed by atoms with Gasteiger partial charge in [-0.05, 0) is 57.9 Å². The number of anilines is 1. The number of likely N-dealkylation sites (N-methyl/N-ethyl adjacent to an activating group) is 1. The van der Waals surface area contributed by atoms with Gasteiger partial charge in [-0.2, -0.15) is 0 Å². The van der Waals surface area contributed by atoms with Gasteiger partial charge in [0.25, 0.3) is 5.91 Å². The molecule has 1 N–H and O–H groups in total. The molecule has 5 nitrogen and oxygen atoms in total. The van der Waals surface area contributed by atoms with Crippen molar-refractivity contribution in [3.8, 4) is 0 Å². The number of alkyl carbamates (subject to hydrolysis) is 1. The minimum absolute atomic E-state index is 0.208. The highest BCUT2D eigenvalue weighted by Crippen LogP contribution is 2.23. The lowest BCUT2D eigenvalue weighted by Crippen LogP contribution is -2.44. The van der Waals surface area contributed by atoms with Gasteiger partial charge in [0.2, 0.25) is 0 Å². The number of rotatable bonds is 5. The van der Waals surface area contributed by atoms with Gasteiger partial charge in [0.05, 0.1) is 0 Å². The molecule has 5 heteroatoms. The molecular weight excluding hydrogens is 340 g/mol. The quantitative estimate of drug-likeness (QED) is 0.838. The van der Waals surface area contributed by atoms with Crippen molar-refractivity contribution in [2.45, 2.75) is 46.3 Å². The highest BCUT2D eigenvalue weighted by atomic mass is 16.6. The van der Waals surface area contributed by atoms with Crippen LogP contribution in [0, 0.1) is 6.92 Å². The number of ether oxygens (including phenoxy) is 1. The van der Waals surface area contributed by atoms with E-state index in [1.807, 2.05) is 68.4 Å². The Balaban J connectivity index is 2.34. The molecule has 1 unspecified atom stereocenters. The average molecular weight is 368 g/mol. The van der Waals surface area contributed by atoms with Crippen LogP contribution in [0.3, 0.4) is 0 Å². The Labute approximate surface area is 161 Å². The lowest BCUT2D eigenvalue weighted by atomic mass is 10.0. The monoisotopic (exact) mass is 368 g/mol. The fourth-order valence-corrected chi connectivity index (χ4v) is 2.78. The van der Waals surface area contributed by atoms with Gasteiger partial charge in [0.15, 0.2) is 0 Å². The molecule has 0 aliphatic rings. The van der Waals surface area contributed by atoms with Gasteiger partial charge in [-0.25, -0.2) is 4.79 Å². The van der Waals surface area contributed by atoms with Gasteiger partial charge >= 0.3 is 6.09 Å². The van der Waals surface area contributed by atoms with E-state index in [-0.39, 0.29) is 5.91 Å². The third kappa shape index (κ3) is 5.84. The fraction of sp³-hybridized carbons (Fsp3) is 0.364. The topological polar surface area (TPSA) is 58.6 Å². The van der Waals surface area contributed by atoms with E-state index >= 15 is 0 Å². The molecule has 0 aromatic heterocycles. The molecule has 27 heavy (non-hydrogen) atoms. The molecule has 144 valence electrons. The Bertz CT molecular complexity index is 782. The van der Waals surface area contributed by atoms with Crippen LogP contribution in [0.15, 0.2) is 54.6 Å². The van der Waals surface area contributed by atoms with Crippen molar-refractivity contribution in [1.29, 1.82) is 0 Å². The van der Waals surface area contributed by atoms with Crippen molar-refractivity contribution in [2.75, 3.05) is 11.4 Å². The predicted octanol–water partition coefficient (Wildman–Crippen LogP) is 4.61. The van der Waals surface area contributed by atoms with Crippen LogP contribution >= 0.6 is 0 Å². The summed E-state index contributed by atoms with van der Waals surface area (Å²) in [4.78, 5) is 27.4. The zero-order valence-electron chi connectivity index (χ0n) is 16.7. The predicted molar refractivity (Wildman–Crippen MR) is 108 cm³/mol. The molecule has 0 aliphatic heterocycles. The van der Waals surface area contributed by atoms with Crippen LogP contribution in [0.25, 0.3) is 0 Å². The molecule has 0 heterocycles. The first-order valence-corrected chi connectivity index (χ1v) is 9.14.